The fourth-order valence-electron chi connectivity index (χ4n) is 3.78. The molecule has 25 heavy (non-hydrogen) atoms. The van der Waals surface area contributed by atoms with Crippen LogP contribution in [0.5, 0.6) is 0 Å². The average molecular weight is 353 g/mol. The summed E-state index contributed by atoms with van der Waals surface area (Å²) < 4.78 is 1.94. The molecule has 3 heterocycles. The minimum atomic E-state index is 0.468. The highest BCUT2D eigenvalue weighted by Gasteiger charge is 2.27. The van der Waals surface area contributed by atoms with Gasteiger partial charge in [0.1, 0.15) is 0 Å². The van der Waals surface area contributed by atoms with Gasteiger partial charge in [0.2, 0.25) is 0 Å². The Morgan fingerprint density at radius 2 is 2.12 bits per heavy atom. The highest BCUT2D eigenvalue weighted by atomic mass is 32.1. The molecule has 0 fully saturated rings. The third kappa shape index (κ3) is 3.21. The third-order valence-corrected chi connectivity index (χ3v) is 6.04. The van der Waals surface area contributed by atoms with Crippen LogP contribution in [0, 0.1) is 6.92 Å². The summed E-state index contributed by atoms with van der Waals surface area (Å²) in [4.78, 5) is 7.27. The van der Waals surface area contributed by atoms with Crippen LogP contribution >= 0.6 is 11.3 Å². The minimum Gasteiger partial charge on any atom is -0.366 e. The van der Waals surface area contributed by atoms with E-state index in [-0.39, 0.29) is 0 Å². The number of thiazole rings is 1. The van der Waals surface area contributed by atoms with E-state index in [4.69, 9.17) is 4.98 Å². The molecular weight excluding hydrogens is 328 g/mol. The Hall–Kier alpha value is -2.14. The van der Waals surface area contributed by atoms with E-state index in [1.165, 1.54) is 27.5 Å². The highest BCUT2D eigenvalue weighted by molar-refractivity contribution is 7.09. The maximum absolute atomic E-state index is 4.76. The number of aryl methyl sites for hydroxylation is 3. The molecule has 4 rings (SSSR count). The largest absolute Gasteiger partial charge is 0.366 e. The van der Waals surface area contributed by atoms with Crippen LogP contribution in [0.4, 0.5) is 5.69 Å². The third-order valence-electron chi connectivity index (χ3n) is 4.91. The number of fused-ring (bicyclic) bond motifs is 1. The molecule has 2 aromatic heterocycles. The predicted molar refractivity (Wildman–Crippen MR) is 103 cm³/mol. The normalized spacial score (nSPS) is 16.9. The van der Waals surface area contributed by atoms with Crippen molar-refractivity contribution in [3.8, 4) is 0 Å². The van der Waals surface area contributed by atoms with E-state index in [9.17, 15) is 0 Å². The second-order valence-electron chi connectivity index (χ2n) is 6.87. The van der Waals surface area contributed by atoms with Gasteiger partial charge in [0.15, 0.2) is 0 Å². The fourth-order valence-corrected chi connectivity index (χ4v) is 4.67. The minimum absolute atomic E-state index is 0.468. The lowest BCUT2D eigenvalue weighted by Crippen LogP contribution is -2.34. The molecule has 0 aliphatic carbocycles. The number of hydrogen-bond acceptors (Lipinski definition) is 4. The Morgan fingerprint density at radius 3 is 2.88 bits per heavy atom. The van der Waals surface area contributed by atoms with Crippen molar-refractivity contribution >= 4 is 17.0 Å². The summed E-state index contributed by atoms with van der Waals surface area (Å²) in [5.41, 5.74) is 6.44. The van der Waals surface area contributed by atoms with Crippen molar-refractivity contribution in [3.05, 3.63) is 63.4 Å². The fraction of sp³-hybridized carbons (Fsp3) is 0.400. The van der Waals surface area contributed by atoms with Gasteiger partial charge in [-0.05, 0) is 31.4 Å². The number of anilines is 1. The summed E-state index contributed by atoms with van der Waals surface area (Å²) in [5.74, 6) is 0.468. The van der Waals surface area contributed by atoms with Gasteiger partial charge < -0.3 is 4.90 Å². The Morgan fingerprint density at radius 1 is 1.28 bits per heavy atom. The average Bonchev–Trinajstić information content (AvgIpc) is 3.20. The van der Waals surface area contributed by atoms with E-state index in [2.05, 4.69) is 59.7 Å². The van der Waals surface area contributed by atoms with Gasteiger partial charge >= 0.3 is 0 Å². The van der Waals surface area contributed by atoms with Gasteiger partial charge in [-0.15, -0.1) is 11.3 Å². The number of hydrogen-bond donors (Lipinski definition) is 0. The first kappa shape index (κ1) is 16.3. The summed E-state index contributed by atoms with van der Waals surface area (Å²) in [7, 11) is 2.01. The van der Waals surface area contributed by atoms with E-state index in [0.29, 0.717) is 5.92 Å². The van der Waals surface area contributed by atoms with Crippen molar-refractivity contribution in [2.45, 2.75) is 39.2 Å². The number of aromatic nitrogens is 3. The van der Waals surface area contributed by atoms with Crippen molar-refractivity contribution in [2.24, 2.45) is 7.05 Å². The van der Waals surface area contributed by atoms with Gasteiger partial charge in [-0.1, -0.05) is 25.1 Å². The molecule has 4 nitrogen and oxygen atoms in total. The Balaban J connectivity index is 1.67. The monoisotopic (exact) mass is 352 g/mol. The summed E-state index contributed by atoms with van der Waals surface area (Å²) in [6, 6.07) is 8.80. The lowest BCUT2D eigenvalue weighted by atomic mass is 9.92. The second kappa shape index (κ2) is 6.64. The van der Waals surface area contributed by atoms with Gasteiger partial charge in [-0.3, -0.25) is 4.68 Å². The van der Waals surface area contributed by atoms with Crippen molar-refractivity contribution in [3.63, 3.8) is 0 Å². The van der Waals surface area contributed by atoms with Crippen molar-refractivity contribution < 1.29 is 0 Å². The van der Waals surface area contributed by atoms with Gasteiger partial charge in [-0.25, -0.2) is 4.98 Å². The van der Waals surface area contributed by atoms with Gasteiger partial charge in [0, 0.05) is 54.6 Å². The topological polar surface area (TPSA) is 34.0 Å². The molecule has 0 N–H and O–H groups in total. The van der Waals surface area contributed by atoms with Crippen molar-refractivity contribution in [1.29, 1.82) is 0 Å². The van der Waals surface area contributed by atoms with E-state index >= 15 is 0 Å². The van der Waals surface area contributed by atoms with Crippen LogP contribution < -0.4 is 4.90 Å². The zero-order valence-corrected chi connectivity index (χ0v) is 15.9. The molecule has 1 unspecified atom stereocenters. The lowest BCUT2D eigenvalue weighted by molar-refractivity contribution is 0.602. The predicted octanol–water partition coefficient (Wildman–Crippen LogP) is 4.09. The van der Waals surface area contributed by atoms with Gasteiger partial charge in [-0.2, -0.15) is 5.10 Å². The molecule has 130 valence electrons. The van der Waals surface area contributed by atoms with Gasteiger partial charge in [0.05, 0.1) is 10.7 Å². The highest BCUT2D eigenvalue weighted by Crippen LogP contribution is 2.36. The summed E-state index contributed by atoms with van der Waals surface area (Å²) in [6.45, 7) is 6.19. The summed E-state index contributed by atoms with van der Waals surface area (Å²) >= 11 is 1.80. The van der Waals surface area contributed by atoms with E-state index in [1.807, 2.05) is 11.7 Å². The molecule has 3 aromatic rings. The van der Waals surface area contributed by atoms with E-state index in [1.54, 1.807) is 11.3 Å². The number of rotatable bonds is 4. The van der Waals surface area contributed by atoms with Crippen LogP contribution in [0.25, 0.3) is 0 Å². The number of nitrogens with zero attached hydrogens (tertiary/aromatic N) is 4. The maximum Gasteiger partial charge on any atom is 0.0980 e. The van der Waals surface area contributed by atoms with Crippen LogP contribution in [0.2, 0.25) is 0 Å². The first-order chi connectivity index (χ1) is 12.1. The molecule has 0 spiro atoms. The molecule has 0 amide bonds. The SMILES string of the molecule is CCc1nn(C)cc1CN1CC(c2nc(C)cs2)Cc2ccccc21. The first-order valence-corrected chi connectivity index (χ1v) is 9.78. The van der Waals surface area contributed by atoms with Gasteiger partial charge in [0.25, 0.3) is 0 Å². The van der Waals surface area contributed by atoms with Crippen LogP contribution in [0.1, 0.15) is 40.4 Å². The molecular formula is C20H24N4S. The molecule has 5 heteroatoms. The molecule has 0 bridgehead atoms. The first-order valence-electron chi connectivity index (χ1n) is 8.90. The smallest absolute Gasteiger partial charge is 0.0980 e. The zero-order chi connectivity index (χ0) is 17.4. The van der Waals surface area contributed by atoms with E-state index in [0.717, 1.165) is 31.6 Å². The standard InChI is InChI=1S/C20H24N4S/c1-4-18-17(10-23(3)22-18)12-24-11-16(20-21-14(2)13-25-20)9-15-7-5-6-8-19(15)24/h5-8,10,13,16H,4,9,11-12H2,1-3H3. The summed E-state index contributed by atoms with van der Waals surface area (Å²) in [5, 5.41) is 8.04. The number of para-hydroxylation sites is 1. The number of benzene rings is 1. The zero-order valence-electron chi connectivity index (χ0n) is 15.1. The molecule has 1 aliphatic heterocycles. The molecule has 0 saturated heterocycles. The van der Waals surface area contributed by atoms with Crippen LogP contribution in [-0.2, 0) is 26.4 Å². The maximum atomic E-state index is 4.76. The Labute approximate surface area is 153 Å². The van der Waals surface area contributed by atoms with Crippen LogP contribution in [-0.4, -0.2) is 21.3 Å². The summed E-state index contributed by atoms with van der Waals surface area (Å²) in [6.07, 6.45) is 4.21. The van der Waals surface area contributed by atoms with E-state index < -0.39 is 0 Å². The molecule has 1 atom stereocenters. The molecule has 0 saturated carbocycles. The quantitative estimate of drug-likeness (QED) is 0.709. The van der Waals surface area contributed by atoms with Crippen molar-refractivity contribution in [1.82, 2.24) is 14.8 Å². The Bertz CT molecular complexity index is 879. The second-order valence-corrected chi connectivity index (χ2v) is 7.76. The van der Waals surface area contributed by atoms with Crippen LogP contribution in [0.3, 0.4) is 0 Å². The lowest BCUT2D eigenvalue weighted by Gasteiger charge is -2.35. The van der Waals surface area contributed by atoms with Crippen molar-refractivity contribution in [2.75, 3.05) is 11.4 Å². The Kier molecular flexibility index (Phi) is 4.34. The molecule has 1 aromatic carbocycles. The molecule has 0 radical (unpaired) electrons. The molecule has 1 aliphatic rings. The van der Waals surface area contributed by atoms with Crippen LogP contribution in [0.15, 0.2) is 35.8 Å².